The Hall–Kier alpha value is -1.54. The zero-order chi connectivity index (χ0) is 15.3. The normalized spacial score (nSPS) is 13.7. The molecule has 0 saturated heterocycles. The number of hydrogen-bond acceptors (Lipinski definition) is 4. The zero-order valence-corrected chi connectivity index (χ0v) is 12.0. The van der Waals surface area contributed by atoms with E-state index < -0.39 is 34.0 Å². The Kier molecular flexibility index (Phi) is 6.03. The van der Waals surface area contributed by atoms with Gasteiger partial charge in [0.25, 0.3) is 5.91 Å². The van der Waals surface area contributed by atoms with Crippen LogP contribution in [0.5, 0.6) is 0 Å². The molecule has 0 saturated carbocycles. The van der Waals surface area contributed by atoms with Gasteiger partial charge >= 0.3 is 0 Å². The van der Waals surface area contributed by atoms with Crippen LogP contribution in [-0.4, -0.2) is 28.2 Å². The summed E-state index contributed by atoms with van der Waals surface area (Å²) in [6.45, 7) is 2.07. The van der Waals surface area contributed by atoms with E-state index in [2.05, 4.69) is 5.32 Å². The highest BCUT2D eigenvalue weighted by atomic mass is 32.2. The Bertz CT molecular complexity index is 502. The van der Waals surface area contributed by atoms with Crippen molar-refractivity contribution in [3.63, 3.8) is 0 Å². The SMILES string of the molecule is CC(CCNC(=O)c1cc(F)c(NN)c(F)c1)S(C)=O. The summed E-state index contributed by atoms with van der Waals surface area (Å²) in [5.41, 5.74) is 1.26. The molecule has 4 N–H and O–H groups in total. The first-order chi connectivity index (χ1) is 9.36. The van der Waals surface area contributed by atoms with Gasteiger partial charge in [-0.05, 0) is 18.6 Å². The molecule has 0 aromatic heterocycles. The molecule has 5 nitrogen and oxygen atoms in total. The Morgan fingerprint density at radius 1 is 1.40 bits per heavy atom. The highest BCUT2D eigenvalue weighted by Gasteiger charge is 2.15. The molecule has 0 aliphatic carbocycles. The predicted octanol–water partition coefficient (Wildman–Crippen LogP) is 1.14. The molecule has 112 valence electrons. The van der Waals surface area contributed by atoms with E-state index in [1.165, 1.54) is 0 Å². The summed E-state index contributed by atoms with van der Waals surface area (Å²) in [6.07, 6.45) is 2.10. The summed E-state index contributed by atoms with van der Waals surface area (Å²) in [5, 5.41) is 2.46. The van der Waals surface area contributed by atoms with Gasteiger partial charge in [-0.15, -0.1) is 0 Å². The summed E-state index contributed by atoms with van der Waals surface area (Å²) in [4.78, 5) is 11.7. The molecule has 1 rings (SSSR count). The molecule has 20 heavy (non-hydrogen) atoms. The number of hydrazine groups is 1. The van der Waals surface area contributed by atoms with Gasteiger partial charge in [-0.2, -0.15) is 0 Å². The fraction of sp³-hybridized carbons (Fsp3) is 0.417. The standard InChI is InChI=1S/C12H17F2N3O2S/c1-7(20(2)19)3-4-16-12(18)8-5-9(13)11(17-15)10(14)6-8/h5-7,17H,3-4,15H2,1-2H3,(H,16,18). The number of rotatable bonds is 6. The number of benzene rings is 1. The van der Waals surface area contributed by atoms with Crippen molar-refractivity contribution in [1.29, 1.82) is 0 Å². The van der Waals surface area contributed by atoms with Crippen LogP contribution in [0.25, 0.3) is 0 Å². The molecule has 0 aliphatic rings. The van der Waals surface area contributed by atoms with Crippen LogP contribution >= 0.6 is 0 Å². The number of amides is 1. The zero-order valence-electron chi connectivity index (χ0n) is 11.2. The van der Waals surface area contributed by atoms with E-state index in [-0.39, 0.29) is 17.4 Å². The van der Waals surface area contributed by atoms with Crippen molar-refractivity contribution >= 4 is 22.4 Å². The molecule has 2 unspecified atom stereocenters. The number of halogens is 2. The predicted molar refractivity (Wildman–Crippen MR) is 74.6 cm³/mol. The number of carbonyl (C=O) groups is 1. The molecule has 0 fully saturated rings. The Morgan fingerprint density at radius 2 is 1.95 bits per heavy atom. The van der Waals surface area contributed by atoms with Crippen LogP contribution in [0.15, 0.2) is 12.1 Å². The van der Waals surface area contributed by atoms with Gasteiger partial charge in [-0.3, -0.25) is 14.8 Å². The Morgan fingerprint density at radius 3 is 2.40 bits per heavy atom. The van der Waals surface area contributed by atoms with Crippen molar-refractivity contribution in [3.05, 3.63) is 29.3 Å². The Balaban J connectivity index is 2.67. The lowest BCUT2D eigenvalue weighted by molar-refractivity contribution is 0.0952. The second-order valence-electron chi connectivity index (χ2n) is 4.31. The number of nitrogens with one attached hydrogen (secondary N) is 2. The summed E-state index contributed by atoms with van der Waals surface area (Å²) >= 11 is 0. The smallest absolute Gasteiger partial charge is 0.251 e. The molecule has 0 bridgehead atoms. The van der Waals surface area contributed by atoms with E-state index in [1.54, 1.807) is 13.2 Å². The van der Waals surface area contributed by atoms with Crippen molar-refractivity contribution in [2.45, 2.75) is 18.6 Å². The topological polar surface area (TPSA) is 84.2 Å². The van der Waals surface area contributed by atoms with Gasteiger partial charge in [-0.1, -0.05) is 6.92 Å². The van der Waals surface area contributed by atoms with Gasteiger partial charge in [0.2, 0.25) is 0 Å². The van der Waals surface area contributed by atoms with Crippen LogP contribution in [0.3, 0.4) is 0 Å². The van der Waals surface area contributed by atoms with E-state index in [1.807, 2.05) is 5.43 Å². The first kappa shape index (κ1) is 16.5. The monoisotopic (exact) mass is 305 g/mol. The number of hydrogen-bond donors (Lipinski definition) is 3. The molecular formula is C12H17F2N3O2S. The lowest BCUT2D eigenvalue weighted by atomic mass is 10.1. The fourth-order valence-corrected chi connectivity index (χ4v) is 1.95. The molecule has 2 atom stereocenters. The molecule has 0 spiro atoms. The molecule has 0 aliphatic heterocycles. The minimum absolute atomic E-state index is 0.0624. The van der Waals surface area contributed by atoms with Crippen LogP contribution in [0.1, 0.15) is 23.7 Å². The van der Waals surface area contributed by atoms with Gasteiger partial charge in [0.15, 0.2) is 11.6 Å². The minimum atomic E-state index is -0.975. The molecule has 1 aromatic carbocycles. The number of anilines is 1. The van der Waals surface area contributed by atoms with E-state index >= 15 is 0 Å². The van der Waals surface area contributed by atoms with Gasteiger partial charge in [0.1, 0.15) is 5.69 Å². The number of nitrogen functional groups attached to an aromatic ring is 1. The molecule has 8 heteroatoms. The van der Waals surface area contributed by atoms with Crippen LogP contribution in [-0.2, 0) is 10.8 Å². The molecule has 1 amide bonds. The van der Waals surface area contributed by atoms with Gasteiger partial charge in [-0.25, -0.2) is 8.78 Å². The lowest BCUT2D eigenvalue weighted by Gasteiger charge is -2.10. The van der Waals surface area contributed by atoms with Gasteiger partial charge < -0.3 is 10.7 Å². The van der Waals surface area contributed by atoms with Crippen LogP contribution in [0, 0.1) is 11.6 Å². The molecule has 0 radical (unpaired) electrons. The van der Waals surface area contributed by atoms with Crippen molar-refractivity contribution in [2.24, 2.45) is 5.84 Å². The molecular weight excluding hydrogens is 288 g/mol. The third-order valence-corrected chi connectivity index (χ3v) is 4.22. The van der Waals surface area contributed by atoms with Crippen molar-refractivity contribution in [2.75, 3.05) is 18.2 Å². The molecule has 1 aromatic rings. The minimum Gasteiger partial charge on any atom is -0.352 e. The summed E-state index contributed by atoms with van der Waals surface area (Å²) in [5.74, 6) is 2.48. The highest BCUT2D eigenvalue weighted by Crippen LogP contribution is 2.19. The third-order valence-electron chi connectivity index (χ3n) is 2.85. The van der Waals surface area contributed by atoms with Crippen LogP contribution in [0.4, 0.5) is 14.5 Å². The summed E-state index contributed by atoms with van der Waals surface area (Å²) < 4.78 is 38.0. The first-order valence-corrected chi connectivity index (χ1v) is 7.55. The van der Waals surface area contributed by atoms with Crippen molar-refractivity contribution in [1.82, 2.24) is 5.32 Å². The largest absolute Gasteiger partial charge is 0.352 e. The number of nitrogens with two attached hydrogens (primary N) is 1. The lowest BCUT2D eigenvalue weighted by Crippen LogP contribution is -2.27. The van der Waals surface area contributed by atoms with Crippen LogP contribution < -0.4 is 16.6 Å². The second kappa shape index (κ2) is 7.30. The molecule has 0 heterocycles. The maximum Gasteiger partial charge on any atom is 0.251 e. The average molecular weight is 305 g/mol. The fourth-order valence-electron chi connectivity index (χ4n) is 1.50. The van der Waals surface area contributed by atoms with Crippen molar-refractivity contribution < 1.29 is 17.8 Å². The van der Waals surface area contributed by atoms with Gasteiger partial charge in [0.05, 0.1) is 0 Å². The van der Waals surface area contributed by atoms with Crippen LogP contribution in [0.2, 0.25) is 0 Å². The Labute approximate surface area is 118 Å². The number of carbonyl (C=O) groups excluding carboxylic acids is 1. The van der Waals surface area contributed by atoms with E-state index in [0.717, 1.165) is 12.1 Å². The second-order valence-corrected chi connectivity index (χ2v) is 6.11. The van der Waals surface area contributed by atoms with E-state index in [0.29, 0.717) is 6.42 Å². The first-order valence-electron chi connectivity index (χ1n) is 5.93. The van der Waals surface area contributed by atoms with Gasteiger partial charge in [0, 0.05) is 34.4 Å². The van der Waals surface area contributed by atoms with Crippen molar-refractivity contribution in [3.8, 4) is 0 Å². The third kappa shape index (κ3) is 4.24. The highest BCUT2D eigenvalue weighted by molar-refractivity contribution is 7.84. The summed E-state index contributed by atoms with van der Waals surface area (Å²) in [6, 6.07) is 1.80. The maximum absolute atomic E-state index is 13.4. The quantitative estimate of drug-likeness (QED) is 0.543. The van der Waals surface area contributed by atoms with E-state index in [9.17, 15) is 17.8 Å². The average Bonchev–Trinajstić information content (AvgIpc) is 2.37. The maximum atomic E-state index is 13.4. The summed E-state index contributed by atoms with van der Waals surface area (Å²) in [7, 11) is -0.975. The van der Waals surface area contributed by atoms with E-state index in [4.69, 9.17) is 5.84 Å².